The van der Waals surface area contributed by atoms with E-state index in [0.29, 0.717) is 0 Å². The molecule has 1 N–H and O–H groups in total. The Hall–Kier alpha value is -2.08. The highest BCUT2D eigenvalue weighted by Gasteiger charge is 2.27. The fourth-order valence-electron chi connectivity index (χ4n) is 2.08. The van der Waals surface area contributed by atoms with E-state index >= 15 is 0 Å². The molecule has 0 aliphatic heterocycles. The molecule has 118 valence electrons. The van der Waals surface area contributed by atoms with Crippen molar-refractivity contribution < 1.29 is 13.0 Å². The third kappa shape index (κ3) is 5.56. The Kier molecular flexibility index (Phi) is 6.87. The summed E-state index contributed by atoms with van der Waals surface area (Å²) in [5.74, 6) is 0. The molecule has 3 aromatic rings. The lowest BCUT2D eigenvalue weighted by molar-refractivity contribution is 0.452. The summed E-state index contributed by atoms with van der Waals surface area (Å²) in [5.41, 5.74) is 0. The Labute approximate surface area is 140 Å². The first-order valence-electron chi connectivity index (χ1n) is 6.86. The van der Waals surface area contributed by atoms with Crippen molar-refractivity contribution in [3.63, 3.8) is 0 Å². The molecule has 3 rings (SSSR count). The minimum Gasteiger partial charge on any atom is -0.439 e. The summed E-state index contributed by atoms with van der Waals surface area (Å²) in [7, 11) is -2.88. The van der Waals surface area contributed by atoms with E-state index in [1.807, 2.05) is 0 Å². The van der Waals surface area contributed by atoms with E-state index in [9.17, 15) is 0 Å². The fraction of sp³-hybridized carbons (Fsp3) is 0. The highest BCUT2D eigenvalue weighted by molar-refractivity contribution is 7.97. The molecule has 0 spiro atoms. The van der Waals surface area contributed by atoms with Crippen molar-refractivity contribution in [3.05, 3.63) is 91.0 Å². The first kappa shape index (κ1) is 17.3. The second-order valence-corrected chi connectivity index (χ2v) is 6.92. The first-order valence-corrected chi connectivity index (χ1v) is 9.12. The van der Waals surface area contributed by atoms with Crippen molar-refractivity contribution in [3.8, 4) is 0 Å². The van der Waals surface area contributed by atoms with Gasteiger partial charge in [0, 0.05) is 11.0 Å². The van der Waals surface area contributed by atoms with Crippen LogP contribution in [0.5, 0.6) is 0 Å². The number of hydrogen-bond acceptors (Lipinski definition) is 3. The Morgan fingerprint density at radius 3 is 1.00 bits per heavy atom. The molecule has 0 aliphatic carbocycles. The van der Waals surface area contributed by atoms with Crippen LogP contribution in [-0.2, 0) is 30.3 Å². The molecular weight excluding hydrogens is 328 g/mol. The molecule has 0 heterocycles. The monoisotopic (exact) mass is 344 g/mol. The van der Waals surface area contributed by atoms with E-state index in [1.54, 1.807) is 0 Å². The van der Waals surface area contributed by atoms with Crippen molar-refractivity contribution in [1.82, 2.24) is 0 Å². The van der Waals surface area contributed by atoms with E-state index in [1.165, 1.54) is 14.7 Å². The Bertz CT molecular complexity index is 671. The summed E-state index contributed by atoms with van der Waals surface area (Å²) >= 11 is 0. The normalized spacial score (nSPS) is 10.2. The number of benzene rings is 3. The lowest BCUT2D eigenvalue weighted by Gasteiger charge is -2.07. The summed E-state index contributed by atoms with van der Waals surface area (Å²) in [4.78, 5) is 4.08. The van der Waals surface area contributed by atoms with Crippen LogP contribution in [0.1, 0.15) is 0 Å². The lowest BCUT2D eigenvalue weighted by Crippen LogP contribution is -2.04. The molecule has 0 aliphatic rings. The average molecular weight is 344 g/mol. The predicted octanol–water partition coefficient (Wildman–Crippen LogP) is 4.55. The molecule has 0 atom stereocenters. The van der Waals surface area contributed by atoms with Crippen LogP contribution in [0.3, 0.4) is 0 Å². The molecule has 0 saturated carbocycles. The van der Waals surface area contributed by atoms with Crippen molar-refractivity contribution in [1.29, 1.82) is 0 Å². The molecule has 3 nitrogen and oxygen atoms in total. The maximum absolute atomic E-state index is 8.56. The van der Waals surface area contributed by atoms with Crippen LogP contribution in [-0.4, -0.2) is 4.55 Å². The summed E-state index contributed by atoms with van der Waals surface area (Å²) in [6.07, 6.45) is 0. The fourth-order valence-corrected chi connectivity index (χ4v) is 4.18. The third-order valence-electron chi connectivity index (χ3n) is 2.94. The Morgan fingerprint density at radius 1 is 0.565 bits per heavy atom. The van der Waals surface area contributed by atoms with Gasteiger partial charge in [0.2, 0.25) is 0 Å². The first-order chi connectivity index (χ1) is 11.2. The molecule has 23 heavy (non-hydrogen) atoms. The van der Waals surface area contributed by atoms with Crippen molar-refractivity contribution in [2.45, 2.75) is 14.7 Å². The van der Waals surface area contributed by atoms with Gasteiger partial charge in [-0.1, -0.05) is 54.6 Å². The summed E-state index contributed by atoms with van der Waals surface area (Å²) in [5, 5.41) is 0. The van der Waals surface area contributed by atoms with Crippen molar-refractivity contribution in [2.75, 3.05) is 0 Å². The van der Waals surface area contributed by atoms with Gasteiger partial charge in [-0.15, -0.1) is 0 Å². The summed E-state index contributed by atoms with van der Waals surface area (Å²) in [6, 6.07) is 32.2. The lowest BCUT2D eigenvalue weighted by atomic mass is 10.4. The average Bonchev–Trinajstić information content (AvgIpc) is 2.58. The molecule has 0 fully saturated rings. The molecule has 0 aromatic heterocycles. The Balaban J connectivity index is 0.000000433. The van der Waals surface area contributed by atoms with Gasteiger partial charge in [0.15, 0.2) is 14.7 Å². The smallest absolute Gasteiger partial charge is 0.166 e. The van der Waals surface area contributed by atoms with Gasteiger partial charge in [0.25, 0.3) is 0 Å². The molecule has 0 unspecified atom stereocenters. The molecule has 3 aromatic carbocycles. The van der Waals surface area contributed by atoms with Crippen molar-refractivity contribution >= 4 is 21.9 Å². The van der Waals surface area contributed by atoms with Gasteiger partial charge in [0.05, 0.1) is 10.9 Å². The highest BCUT2D eigenvalue weighted by Crippen LogP contribution is 2.30. The quantitative estimate of drug-likeness (QED) is 0.328. The van der Waals surface area contributed by atoms with Crippen molar-refractivity contribution in [2.24, 2.45) is 0 Å². The predicted molar refractivity (Wildman–Crippen MR) is 92.9 cm³/mol. The maximum Gasteiger partial charge on any atom is 0.166 e. The minimum atomic E-state index is -2.86. The van der Waals surface area contributed by atoms with Gasteiger partial charge in [-0.2, -0.15) is 0 Å². The number of rotatable bonds is 3. The molecule has 0 radical (unpaired) electrons. The largest absolute Gasteiger partial charge is 0.439 e. The van der Waals surface area contributed by atoms with Crippen LogP contribution in [0.2, 0.25) is 0 Å². The molecule has 5 heteroatoms. The van der Waals surface area contributed by atoms with Crippen LogP contribution in [0, 0.1) is 0 Å². The van der Waals surface area contributed by atoms with E-state index < -0.39 is 11.0 Å². The molecule has 0 bridgehead atoms. The molecule has 0 amide bonds. The zero-order valence-corrected chi connectivity index (χ0v) is 13.9. The molecule has 0 saturated heterocycles. The zero-order valence-electron chi connectivity index (χ0n) is 12.2. The standard InChI is InChI=1S/C18H15S.HO3S/c1-4-10-16(11-5-1)19(17-12-6-2-7-13-17)18-14-8-3-9-15-18;1-4(2)3/h1-15H;(H,1,2,3)/q+1;-1. The van der Waals surface area contributed by atoms with E-state index in [0.717, 1.165) is 0 Å². The van der Waals surface area contributed by atoms with E-state index in [4.69, 9.17) is 13.0 Å². The van der Waals surface area contributed by atoms with Crippen LogP contribution in [0.15, 0.2) is 106 Å². The van der Waals surface area contributed by atoms with Gasteiger partial charge in [-0.05, 0) is 36.4 Å². The van der Waals surface area contributed by atoms with Gasteiger partial charge in [-0.3, -0.25) is 0 Å². The minimum absolute atomic E-state index is 0.0146. The van der Waals surface area contributed by atoms with Crippen LogP contribution in [0.25, 0.3) is 0 Å². The second kappa shape index (κ2) is 9.15. The summed E-state index contributed by atoms with van der Waals surface area (Å²) < 4.78 is 24.1. The van der Waals surface area contributed by atoms with Crippen LogP contribution < -0.4 is 0 Å². The third-order valence-corrected chi connectivity index (χ3v) is 5.17. The van der Waals surface area contributed by atoms with Crippen LogP contribution >= 0.6 is 0 Å². The van der Waals surface area contributed by atoms with Gasteiger partial charge in [-0.25, -0.2) is 0 Å². The molecular formula is C18H16O3S2. The van der Waals surface area contributed by atoms with E-state index in [-0.39, 0.29) is 10.9 Å². The SMILES string of the molecule is O=[S-](=O)O.c1ccc([S+](c2ccccc2)c2ccccc2)cc1. The zero-order chi connectivity index (χ0) is 16.5. The summed E-state index contributed by atoms with van der Waals surface area (Å²) in [6.45, 7) is 0. The van der Waals surface area contributed by atoms with Crippen LogP contribution in [0.4, 0.5) is 0 Å². The highest BCUT2D eigenvalue weighted by atomic mass is 32.2. The number of hydrogen-bond donors (Lipinski definition) is 1. The van der Waals surface area contributed by atoms with Gasteiger partial charge in [0.1, 0.15) is 0 Å². The maximum atomic E-state index is 8.56. The topological polar surface area (TPSA) is 54.4 Å². The second-order valence-electron chi connectivity index (χ2n) is 4.46. The Morgan fingerprint density at radius 2 is 0.783 bits per heavy atom. The van der Waals surface area contributed by atoms with Gasteiger partial charge < -0.3 is 13.0 Å². The van der Waals surface area contributed by atoms with E-state index in [2.05, 4.69) is 91.0 Å². The van der Waals surface area contributed by atoms with Gasteiger partial charge >= 0.3 is 0 Å².